The van der Waals surface area contributed by atoms with Gasteiger partial charge in [-0.25, -0.2) is 0 Å². The topological polar surface area (TPSA) is 23.8 Å². The highest BCUT2D eigenvalue weighted by molar-refractivity contribution is 9.10. The predicted octanol–water partition coefficient (Wildman–Crippen LogP) is 2.52. The van der Waals surface area contributed by atoms with Crippen molar-refractivity contribution in [3.63, 3.8) is 0 Å². The van der Waals surface area contributed by atoms with Gasteiger partial charge in [-0.3, -0.25) is 0 Å². The number of halogens is 1. The fourth-order valence-electron chi connectivity index (χ4n) is 0.674. The Morgan fingerprint density at radius 1 is 1.70 bits per heavy atom. The molecule has 1 nitrogen and oxygen atoms in total. The Labute approximate surface area is 69.8 Å². The zero-order valence-corrected chi connectivity index (χ0v) is 6.85. The largest absolute Gasteiger partial charge is 0.198 e. The molecular formula is C8H6BrN. The first-order chi connectivity index (χ1) is 5.25. The summed E-state index contributed by atoms with van der Waals surface area (Å²) in [6, 6.07) is 7.83. The molecule has 0 atom stereocenters. The SMILES string of the molecule is [2H]c1c(Br)cccc1CC#N. The standard InChI is InChI=1S/C8H6BrN/c9-8-3-1-2-7(6-8)4-5-10/h1-3,6H,4H2/i6D. The van der Waals surface area contributed by atoms with Gasteiger partial charge in [-0.2, -0.15) is 5.26 Å². The molecule has 0 saturated carbocycles. The third-order valence-electron chi connectivity index (χ3n) is 1.09. The van der Waals surface area contributed by atoms with Gasteiger partial charge in [0.25, 0.3) is 0 Å². The Kier molecular flexibility index (Phi) is 2.01. The molecule has 1 aromatic carbocycles. The molecule has 50 valence electrons. The van der Waals surface area contributed by atoms with Gasteiger partial charge in [0.1, 0.15) is 0 Å². The van der Waals surface area contributed by atoms with Gasteiger partial charge in [0, 0.05) is 4.47 Å². The Morgan fingerprint density at radius 2 is 2.50 bits per heavy atom. The molecule has 1 aromatic rings. The van der Waals surface area contributed by atoms with Gasteiger partial charge >= 0.3 is 0 Å². The van der Waals surface area contributed by atoms with Crippen molar-refractivity contribution >= 4 is 15.9 Å². The van der Waals surface area contributed by atoms with E-state index < -0.39 is 0 Å². The molecule has 1 rings (SSSR count). The first-order valence-corrected chi connectivity index (χ1v) is 3.66. The summed E-state index contributed by atoms with van der Waals surface area (Å²) >= 11 is 3.22. The number of rotatable bonds is 1. The van der Waals surface area contributed by atoms with E-state index in [2.05, 4.69) is 15.9 Å². The smallest absolute Gasteiger partial charge is 0.0669 e. The summed E-state index contributed by atoms with van der Waals surface area (Å²) in [6.07, 6.45) is 0.304. The van der Waals surface area contributed by atoms with Gasteiger partial charge < -0.3 is 0 Å². The fraction of sp³-hybridized carbons (Fsp3) is 0.125. The Balaban J connectivity index is 3.08. The van der Waals surface area contributed by atoms with Crippen LogP contribution in [0.1, 0.15) is 6.93 Å². The summed E-state index contributed by atoms with van der Waals surface area (Å²) in [7, 11) is 0. The van der Waals surface area contributed by atoms with E-state index in [4.69, 9.17) is 6.63 Å². The lowest BCUT2D eigenvalue weighted by Gasteiger charge is -1.92. The van der Waals surface area contributed by atoms with Gasteiger partial charge in [0.05, 0.1) is 13.9 Å². The van der Waals surface area contributed by atoms with Crippen molar-refractivity contribution in [2.45, 2.75) is 6.42 Å². The molecule has 0 radical (unpaired) electrons. The zero-order chi connectivity index (χ0) is 8.27. The van der Waals surface area contributed by atoms with Crippen LogP contribution < -0.4 is 0 Å². The number of benzene rings is 1. The maximum absolute atomic E-state index is 8.39. The Morgan fingerprint density at radius 3 is 3.20 bits per heavy atom. The van der Waals surface area contributed by atoms with Crippen LogP contribution in [0.4, 0.5) is 0 Å². The zero-order valence-electron chi connectivity index (χ0n) is 6.26. The summed E-state index contributed by atoms with van der Waals surface area (Å²) in [4.78, 5) is 0. The van der Waals surface area contributed by atoms with Crippen molar-refractivity contribution in [3.8, 4) is 6.07 Å². The number of nitrogens with zero attached hydrogens (tertiary/aromatic N) is 1. The summed E-state index contributed by atoms with van der Waals surface area (Å²) < 4.78 is 8.24. The van der Waals surface area contributed by atoms with Gasteiger partial charge in [-0.1, -0.05) is 28.1 Å². The highest BCUT2D eigenvalue weighted by atomic mass is 79.9. The molecule has 2 heteroatoms. The van der Waals surface area contributed by atoms with Gasteiger partial charge in [-0.15, -0.1) is 0 Å². The highest BCUT2D eigenvalue weighted by Crippen LogP contribution is 2.11. The second-order valence-corrected chi connectivity index (χ2v) is 2.71. The van der Waals surface area contributed by atoms with Crippen LogP contribution in [-0.2, 0) is 6.42 Å². The van der Waals surface area contributed by atoms with E-state index >= 15 is 0 Å². The molecule has 0 aliphatic heterocycles. The molecule has 0 amide bonds. The normalized spacial score (nSPS) is 10.2. The van der Waals surface area contributed by atoms with Crippen molar-refractivity contribution in [1.82, 2.24) is 0 Å². The molecule has 0 N–H and O–H groups in total. The van der Waals surface area contributed by atoms with Gasteiger partial charge in [-0.05, 0) is 17.7 Å². The fourth-order valence-corrected chi connectivity index (χ4v) is 1.08. The van der Waals surface area contributed by atoms with Crippen LogP contribution in [0.2, 0.25) is 0 Å². The lowest BCUT2D eigenvalue weighted by Crippen LogP contribution is -1.78. The minimum Gasteiger partial charge on any atom is -0.198 e. The Bertz CT molecular complexity index is 303. The molecule has 0 aliphatic rings. The monoisotopic (exact) mass is 196 g/mol. The molecule has 0 saturated heterocycles. The maximum atomic E-state index is 8.39. The molecule has 0 spiro atoms. The Hall–Kier alpha value is -0.810. The van der Waals surface area contributed by atoms with E-state index in [0.717, 1.165) is 10.0 Å². The third-order valence-corrected chi connectivity index (χ3v) is 1.55. The molecule has 0 heterocycles. The van der Waals surface area contributed by atoms with Crippen LogP contribution in [0.3, 0.4) is 0 Å². The van der Waals surface area contributed by atoms with Crippen molar-refractivity contribution in [3.05, 3.63) is 34.3 Å². The van der Waals surface area contributed by atoms with Crippen LogP contribution >= 0.6 is 15.9 Å². The van der Waals surface area contributed by atoms with Gasteiger partial charge in [0.15, 0.2) is 0 Å². The van der Waals surface area contributed by atoms with Crippen LogP contribution in [0.25, 0.3) is 0 Å². The maximum Gasteiger partial charge on any atom is 0.0669 e. The number of hydrogen-bond donors (Lipinski definition) is 0. The van der Waals surface area contributed by atoms with E-state index in [0.29, 0.717) is 12.5 Å². The second kappa shape index (κ2) is 3.38. The summed E-state index contributed by atoms with van der Waals surface area (Å²) in [5.41, 5.74) is 0.766. The molecule has 0 unspecified atom stereocenters. The van der Waals surface area contributed by atoms with Crippen LogP contribution in [-0.4, -0.2) is 0 Å². The van der Waals surface area contributed by atoms with Crippen LogP contribution in [0.5, 0.6) is 0 Å². The average molecular weight is 197 g/mol. The number of nitriles is 1. The molecule has 10 heavy (non-hydrogen) atoms. The third kappa shape index (κ3) is 1.85. The van der Waals surface area contributed by atoms with Crippen molar-refractivity contribution in [2.24, 2.45) is 0 Å². The minimum absolute atomic E-state index is 0.304. The average Bonchev–Trinajstić information content (AvgIpc) is 1.99. The summed E-state index contributed by atoms with van der Waals surface area (Å²) in [5.74, 6) is 0. The van der Waals surface area contributed by atoms with Crippen molar-refractivity contribution in [2.75, 3.05) is 0 Å². The molecule has 0 bridgehead atoms. The lowest BCUT2D eigenvalue weighted by atomic mass is 10.2. The van der Waals surface area contributed by atoms with Crippen LogP contribution in [0, 0.1) is 11.3 Å². The van der Waals surface area contributed by atoms with Crippen molar-refractivity contribution in [1.29, 1.82) is 5.26 Å². The quantitative estimate of drug-likeness (QED) is 0.678. The number of hydrogen-bond acceptors (Lipinski definition) is 1. The second-order valence-electron chi connectivity index (χ2n) is 1.86. The van der Waals surface area contributed by atoms with E-state index in [1.165, 1.54) is 0 Å². The van der Waals surface area contributed by atoms with Crippen LogP contribution in [0.15, 0.2) is 28.7 Å². The van der Waals surface area contributed by atoms with E-state index in [-0.39, 0.29) is 0 Å². The van der Waals surface area contributed by atoms with E-state index in [1.807, 2.05) is 12.1 Å². The predicted molar refractivity (Wildman–Crippen MR) is 43.5 cm³/mol. The minimum atomic E-state index is 0.304. The highest BCUT2D eigenvalue weighted by Gasteiger charge is 1.90. The molecule has 0 aliphatic carbocycles. The lowest BCUT2D eigenvalue weighted by molar-refractivity contribution is 1.26. The first-order valence-electron chi connectivity index (χ1n) is 3.36. The summed E-state index contributed by atoms with van der Waals surface area (Å²) in [5, 5.41) is 8.39. The summed E-state index contributed by atoms with van der Waals surface area (Å²) in [6.45, 7) is 0. The van der Waals surface area contributed by atoms with E-state index in [9.17, 15) is 0 Å². The van der Waals surface area contributed by atoms with Gasteiger partial charge in [0.2, 0.25) is 0 Å². The van der Waals surface area contributed by atoms with Crippen molar-refractivity contribution < 1.29 is 1.37 Å². The molecular weight excluding hydrogens is 190 g/mol. The van der Waals surface area contributed by atoms with E-state index in [1.54, 1.807) is 12.1 Å². The molecule has 0 fully saturated rings. The first kappa shape index (κ1) is 5.94. The molecule has 0 aromatic heterocycles.